The number of hydrogen-bond donors (Lipinski definition) is 2. The van der Waals surface area contributed by atoms with E-state index in [2.05, 4.69) is 5.16 Å². The standard InChI is InChI=1S/C11H9NO3/c13-11-9(7-12-14)6-10(15-11)8-4-2-1-3-5-8/h1-7,13-14H/b12-7+. The zero-order valence-corrected chi connectivity index (χ0v) is 7.79. The molecular formula is C11H9NO3. The summed E-state index contributed by atoms with van der Waals surface area (Å²) in [6.45, 7) is 0. The van der Waals surface area contributed by atoms with E-state index in [0.29, 0.717) is 11.3 Å². The van der Waals surface area contributed by atoms with Crippen molar-refractivity contribution in [3.63, 3.8) is 0 Å². The van der Waals surface area contributed by atoms with Gasteiger partial charge in [-0.2, -0.15) is 0 Å². The third-order valence-electron chi connectivity index (χ3n) is 2.00. The largest absolute Gasteiger partial charge is 0.480 e. The maximum atomic E-state index is 9.35. The second-order valence-electron chi connectivity index (χ2n) is 2.98. The van der Waals surface area contributed by atoms with E-state index >= 15 is 0 Å². The van der Waals surface area contributed by atoms with E-state index in [9.17, 15) is 5.11 Å². The van der Waals surface area contributed by atoms with Crippen molar-refractivity contribution in [2.75, 3.05) is 0 Å². The van der Waals surface area contributed by atoms with Crippen LogP contribution in [0.4, 0.5) is 0 Å². The van der Waals surface area contributed by atoms with Gasteiger partial charge in [0.25, 0.3) is 5.95 Å². The molecule has 4 nitrogen and oxygen atoms in total. The van der Waals surface area contributed by atoms with Gasteiger partial charge in [-0.1, -0.05) is 35.5 Å². The van der Waals surface area contributed by atoms with Crippen molar-refractivity contribution in [2.24, 2.45) is 5.16 Å². The number of aromatic hydroxyl groups is 1. The molecule has 0 aliphatic rings. The minimum atomic E-state index is -0.258. The molecule has 0 radical (unpaired) electrons. The number of rotatable bonds is 2. The van der Waals surface area contributed by atoms with Gasteiger partial charge in [-0.25, -0.2) is 0 Å². The van der Waals surface area contributed by atoms with Crippen molar-refractivity contribution >= 4 is 6.21 Å². The van der Waals surface area contributed by atoms with Gasteiger partial charge in [-0.05, 0) is 6.07 Å². The van der Waals surface area contributed by atoms with E-state index in [-0.39, 0.29) is 5.95 Å². The van der Waals surface area contributed by atoms with Crippen LogP contribution in [-0.2, 0) is 0 Å². The Bertz CT molecular complexity index is 474. The Hall–Kier alpha value is -2.23. The second-order valence-corrected chi connectivity index (χ2v) is 2.98. The number of hydrogen-bond acceptors (Lipinski definition) is 4. The van der Waals surface area contributed by atoms with E-state index in [1.165, 1.54) is 0 Å². The summed E-state index contributed by atoms with van der Waals surface area (Å²) < 4.78 is 5.11. The van der Waals surface area contributed by atoms with E-state index < -0.39 is 0 Å². The van der Waals surface area contributed by atoms with Gasteiger partial charge in [0.05, 0.1) is 11.8 Å². The molecule has 0 fully saturated rings. The SMILES string of the molecule is O/N=C/c1cc(-c2ccccc2)oc1O. The first-order chi connectivity index (χ1) is 7.31. The summed E-state index contributed by atoms with van der Waals surface area (Å²) in [6.07, 6.45) is 1.12. The molecule has 2 N–H and O–H groups in total. The quantitative estimate of drug-likeness (QED) is 0.447. The molecule has 0 saturated heterocycles. The monoisotopic (exact) mass is 203 g/mol. The van der Waals surface area contributed by atoms with Crippen LogP contribution in [0.25, 0.3) is 11.3 Å². The molecule has 4 heteroatoms. The average Bonchev–Trinajstić information content (AvgIpc) is 2.63. The molecule has 76 valence electrons. The first kappa shape index (κ1) is 9.33. The Labute approximate surface area is 86.1 Å². The number of benzene rings is 1. The summed E-state index contributed by atoms with van der Waals surface area (Å²) in [6, 6.07) is 11.0. The van der Waals surface area contributed by atoms with E-state index in [4.69, 9.17) is 9.62 Å². The van der Waals surface area contributed by atoms with Gasteiger partial charge in [-0.15, -0.1) is 0 Å². The molecule has 0 spiro atoms. The van der Waals surface area contributed by atoms with Crippen molar-refractivity contribution in [2.45, 2.75) is 0 Å². The first-order valence-corrected chi connectivity index (χ1v) is 4.37. The molecule has 0 unspecified atom stereocenters. The van der Waals surface area contributed by atoms with Crippen LogP contribution in [0.1, 0.15) is 5.56 Å². The van der Waals surface area contributed by atoms with Crippen LogP contribution in [0.15, 0.2) is 46.0 Å². The molecular weight excluding hydrogens is 194 g/mol. The van der Waals surface area contributed by atoms with Crippen molar-refractivity contribution in [1.29, 1.82) is 0 Å². The molecule has 1 aromatic heterocycles. The Morgan fingerprint density at radius 2 is 1.93 bits per heavy atom. The zero-order chi connectivity index (χ0) is 10.7. The maximum absolute atomic E-state index is 9.35. The van der Waals surface area contributed by atoms with Crippen LogP contribution in [0.2, 0.25) is 0 Å². The van der Waals surface area contributed by atoms with E-state index in [0.717, 1.165) is 11.8 Å². The van der Waals surface area contributed by atoms with Crippen LogP contribution in [-0.4, -0.2) is 16.5 Å². The minimum absolute atomic E-state index is 0.258. The molecule has 0 bridgehead atoms. The highest BCUT2D eigenvalue weighted by Gasteiger charge is 2.09. The lowest BCUT2D eigenvalue weighted by Gasteiger charge is -1.93. The molecule has 0 atom stereocenters. The fraction of sp³-hybridized carbons (Fsp3) is 0. The molecule has 0 aliphatic heterocycles. The van der Waals surface area contributed by atoms with Gasteiger partial charge in [0, 0.05) is 5.56 Å². The molecule has 2 rings (SSSR count). The summed E-state index contributed by atoms with van der Waals surface area (Å²) in [5, 5.41) is 20.5. The third kappa shape index (κ3) is 1.83. The van der Waals surface area contributed by atoms with Crippen molar-refractivity contribution < 1.29 is 14.7 Å². The summed E-state index contributed by atoms with van der Waals surface area (Å²) in [5.41, 5.74) is 1.20. The Morgan fingerprint density at radius 1 is 1.20 bits per heavy atom. The van der Waals surface area contributed by atoms with Gasteiger partial charge >= 0.3 is 0 Å². The molecule has 1 heterocycles. The first-order valence-electron chi connectivity index (χ1n) is 4.37. The summed E-state index contributed by atoms with van der Waals surface area (Å²) in [7, 11) is 0. The van der Waals surface area contributed by atoms with Gasteiger partial charge in [-0.3, -0.25) is 0 Å². The average molecular weight is 203 g/mol. The van der Waals surface area contributed by atoms with Crippen LogP contribution in [0.5, 0.6) is 5.95 Å². The highest BCUT2D eigenvalue weighted by molar-refractivity contribution is 5.84. The van der Waals surface area contributed by atoms with Gasteiger partial charge in [0.15, 0.2) is 0 Å². The third-order valence-corrected chi connectivity index (χ3v) is 2.00. The van der Waals surface area contributed by atoms with Gasteiger partial charge in [0.1, 0.15) is 5.76 Å². The van der Waals surface area contributed by atoms with Crippen LogP contribution >= 0.6 is 0 Å². The highest BCUT2D eigenvalue weighted by Crippen LogP contribution is 2.28. The number of nitrogens with zero attached hydrogens (tertiary/aromatic N) is 1. The number of furan rings is 1. The second kappa shape index (κ2) is 3.88. The summed E-state index contributed by atoms with van der Waals surface area (Å²) >= 11 is 0. The Morgan fingerprint density at radius 3 is 2.60 bits per heavy atom. The Kier molecular flexibility index (Phi) is 2.41. The normalized spacial score (nSPS) is 10.9. The van der Waals surface area contributed by atoms with Crippen LogP contribution in [0.3, 0.4) is 0 Å². The van der Waals surface area contributed by atoms with E-state index in [1.807, 2.05) is 30.3 Å². The van der Waals surface area contributed by atoms with Crippen molar-refractivity contribution in [3.8, 4) is 17.3 Å². The van der Waals surface area contributed by atoms with Gasteiger partial charge < -0.3 is 14.7 Å². The van der Waals surface area contributed by atoms with Crippen molar-refractivity contribution in [3.05, 3.63) is 42.0 Å². The predicted octanol–water partition coefficient (Wildman–Crippen LogP) is 2.46. The lowest BCUT2D eigenvalue weighted by molar-refractivity contribution is 0.319. The predicted molar refractivity (Wildman–Crippen MR) is 55.2 cm³/mol. The van der Waals surface area contributed by atoms with E-state index in [1.54, 1.807) is 6.07 Å². The maximum Gasteiger partial charge on any atom is 0.291 e. The molecule has 2 aromatic rings. The molecule has 15 heavy (non-hydrogen) atoms. The fourth-order valence-corrected chi connectivity index (χ4v) is 1.29. The summed E-state index contributed by atoms with van der Waals surface area (Å²) in [5.74, 6) is 0.273. The Balaban J connectivity index is 2.43. The summed E-state index contributed by atoms with van der Waals surface area (Å²) in [4.78, 5) is 0. The highest BCUT2D eigenvalue weighted by atomic mass is 16.5. The molecule has 0 saturated carbocycles. The molecule has 0 aliphatic carbocycles. The smallest absolute Gasteiger partial charge is 0.291 e. The fourth-order valence-electron chi connectivity index (χ4n) is 1.29. The topological polar surface area (TPSA) is 66.0 Å². The zero-order valence-electron chi connectivity index (χ0n) is 7.79. The lowest BCUT2D eigenvalue weighted by atomic mass is 10.1. The molecule has 0 amide bonds. The van der Waals surface area contributed by atoms with Gasteiger partial charge in [0.2, 0.25) is 0 Å². The minimum Gasteiger partial charge on any atom is -0.480 e. The van der Waals surface area contributed by atoms with Crippen molar-refractivity contribution in [1.82, 2.24) is 0 Å². The lowest BCUT2D eigenvalue weighted by Crippen LogP contribution is -1.74. The van der Waals surface area contributed by atoms with Crippen LogP contribution in [0, 0.1) is 0 Å². The molecule has 1 aromatic carbocycles. The van der Waals surface area contributed by atoms with Crippen LogP contribution < -0.4 is 0 Å². The number of oxime groups is 1.